The van der Waals surface area contributed by atoms with Crippen LogP contribution in [0.15, 0.2) is 102 Å². The molecule has 1 N–H and O–H groups in total. The third-order valence-corrected chi connectivity index (χ3v) is 6.24. The lowest BCUT2D eigenvalue weighted by Gasteiger charge is -2.14. The molecule has 180 valence electrons. The molecule has 0 aliphatic heterocycles. The Bertz CT molecular complexity index is 1590. The number of fused-ring (bicyclic) bond motifs is 1. The van der Waals surface area contributed by atoms with Crippen molar-refractivity contribution in [1.29, 1.82) is 0 Å². The average Bonchev–Trinajstić information content (AvgIpc) is 2.92. The van der Waals surface area contributed by atoms with E-state index in [0.29, 0.717) is 41.5 Å². The summed E-state index contributed by atoms with van der Waals surface area (Å²) in [4.78, 5) is 13.6. The maximum Gasteiger partial charge on any atom is 0.341 e. The molecule has 0 fully saturated rings. The second kappa shape index (κ2) is 9.96. The molecule has 0 bridgehead atoms. The number of para-hydroxylation sites is 1. The van der Waals surface area contributed by atoms with Crippen LogP contribution in [0.5, 0.6) is 17.2 Å². The van der Waals surface area contributed by atoms with E-state index < -0.39 is 0 Å². The van der Waals surface area contributed by atoms with Gasteiger partial charge in [-0.1, -0.05) is 54.6 Å². The van der Waals surface area contributed by atoms with Crippen molar-refractivity contribution in [2.24, 2.45) is 0 Å². The minimum Gasteiger partial charge on any atom is -0.507 e. The Morgan fingerprint density at radius 3 is 2.39 bits per heavy atom. The van der Waals surface area contributed by atoms with Crippen LogP contribution in [0.2, 0.25) is 0 Å². The van der Waals surface area contributed by atoms with Crippen molar-refractivity contribution in [3.8, 4) is 28.5 Å². The highest BCUT2D eigenvalue weighted by molar-refractivity contribution is 5.67. The van der Waals surface area contributed by atoms with Crippen molar-refractivity contribution in [3.63, 3.8) is 0 Å². The Balaban J connectivity index is 1.53. The fourth-order valence-corrected chi connectivity index (χ4v) is 4.44. The zero-order valence-electron chi connectivity index (χ0n) is 20.2. The molecule has 36 heavy (non-hydrogen) atoms. The number of ether oxygens (including phenoxy) is 2. The molecule has 5 rings (SSSR count). The lowest BCUT2D eigenvalue weighted by Crippen LogP contribution is -2.38. The first-order chi connectivity index (χ1) is 17.6. The molecule has 5 aromatic rings. The van der Waals surface area contributed by atoms with Gasteiger partial charge in [0, 0.05) is 6.07 Å². The van der Waals surface area contributed by atoms with Gasteiger partial charge in [0.15, 0.2) is 17.2 Å². The van der Waals surface area contributed by atoms with E-state index in [9.17, 15) is 9.90 Å². The summed E-state index contributed by atoms with van der Waals surface area (Å²) in [6, 6.07) is 28.4. The number of nitrogens with zero attached hydrogens (tertiary/aromatic N) is 2. The second-order valence-corrected chi connectivity index (χ2v) is 8.57. The molecule has 0 radical (unpaired) electrons. The first-order valence-electron chi connectivity index (χ1n) is 11.7. The van der Waals surface area contributed by atoms with Crippen LogP contribution >= 0.6 is 0 Å². The second-order valence-electron chi connectivity index (χ2n) is 8.57. The highest BCUT2D eigenvalue weighted by Crippen LogP contribution is 2.30. The molecular formula is C30H27N2O4+. The maximum atomic E-state index is 13.6. The van der Waals surface area contributed by atoms with Crippen molar-refractivity contribution in [3.05, 3.63) is 124 Å². The van der Waals surface area contributed by atoms with E-state index in [1.54, 1.807) is 30.7 Å². The first-order valence-corrected chi connectivity index (χ1v) is 11.7. The summed E-state index contributed by atoms with van der Waals surface area (Å²) in [6.07, 6.45) is 1.90. The van der Waals surface area contributed by atoms with Crippen LogP contribution in [-0.2, 0) is 13.2 Å². The number of hydrogen-bond donors (Lipinski definition) is 1. The van der Waals surface area contributed by atoms with Gasteiger partial charge in [-0.05, 0) is 48.4 Å². The van der Waals surface area contributed by atoms with Gasteiger partial charge in [0.1, 0.15) is 18.9 Å². The monoisotopic (exact) mass is 479 g/mol. The van der Waals surface area contributed by atoms with Crippen molar-refractivity contribution in [2.75, 3.05) is 7.11 Å². The molecule has 0 amide bonds. The molecule has 0 aliphatic carbocycles. The largest absolute Gasteiger partial charge is 0.507 e. The highest BCUT2D eigenvalue weighted by Gasteiger charge is 2.24. The molecule has 6 nitrogen and oxygen atoms in total. The molecule has 0 spiro atoms. The molecule has 2 heterocycles. The molecule has 0 unspecified atom stereocenters. The lowest BCUT2D eigenvalue weighted by atomic mass is 10.1. The quantitative estimate of drug-likeness (QED) is 0.337. The van der Waals surface area contributed by atoms with E-state index in [1.807, 2.05) is 89.5 Å². The van der Waals surface area contributed by atoms with Crippen LogP contribution in [0, 0.1) is 6.92 Å². The number of hydrogen-bond acceptors (Lipinski definition) is 4. The summed E-state index contributed by atoms with van der Waals surface area (Å²) >= 11 is 0. The molecule has 0 aliphatic rings. The van der Waals surface area contributed by atoms with Crippen LogP contribution in [0.25, 0.3) is 16.9 Å². The molecule has 0 saturated carbocycles. The fourth-order valence-electron chi connectivity index (χ4n) is 4.44. The Hall–Kier alpha value is -4.58. The summed E-state index contributed by atoms with van der Waals surface area (Å²) in [5, 5.41) is 10.5. The highest BCUT2D eigenvalue weighted by atomic mass is 16.5. The van der Waals surface area contributed by atoms with Gasteiger partial charge in [-0.2, -0.15) is 8.97 Å². The Labute approximate surface area is 209 Å². The van der Waals surface area contributed by atoms with Crippen LogP contribution in [0.3, 0.4) is 0 Å². The van der Waals surface area contributed by atoms with E-state index in [4.69, 9.17) is 9.47 Å². The number of rotatable bonds is 7. The number of benzene rings is 3. The zero-order valence-corrected chi connectivity index (χ0v) is 20.2. The summed E-state index contributed by atoms with van der Waals surface area (Å²) in [6.45, 7) is 2.58. The van der Waals surface area contributed by atoms with Crippen LogP contribution < -0.4 is 19.4 Å². The van der Waals surface area contributed by atoms with Crippen molar-refractivity contribution in [2.45, 2.75) is 20.1 Å². The third-order valence-electron chi connectivity index (χ3n) is 6.24. The van der Waals surface area contributed by atoms with E-state index in [1.165, 1.54) is 0 Å². The van der Waals surface area contributed by atoms with Gasteiger partial charge >= 0.3 is 5.56 Å². The first kappa shape index (κ1) is 23.2. The van der Waals surface area contributed by atoms with E-state index in [2.05, 4.69) is 0 Å². The minimum absolute atomic E-state index is 0.122. The van der Waals surface area contributed by atoms with Crippen LogP contribution in [-0.4, -0.2) is 16.8 Å². The zero-order chi connectivity index (χ0) is 25.1. The van der Waals surface area contributed by atoms with Gasteiger partial charge < -0.3 is 14.6 Å². The average molecular weight is 480 g/mol. The smallest absolute Gasteiger partial charge is 0.341 e. The topological polar surface area (TPSA) is 64.8 Å². The Kier molecular flexibility index (Phi) is 6.41. The van der Waals surface area contributed by atoms with Gasteiger partial charge in [-0.15, -0.1) is 0 Å². The van der Waals surface area contributed by atoms with Gasteiger partial charge in [0.05, 0.1) is 24.4 Å². The molecule has 2 aromatic heterocycles. The summed E-state index contributed by atoms with van der Waals surface area (Å²) < 4.78 is 15.3. The number of phenolic OH excluding ortho intramolecular Hbond substituents is 1. The minimum atomic E-state index is -0.122. The normalized spacial score (nSPS) is 10.9. The number of methoxy groups -OCH3 is 1. The van der Waals surface area contributed by atoms with E-state index in [0.717, 1.165) is 16.8 Å². The fraction of sp³-hybridized carbons (Fsp3) is 0.133. The number of phenols is 1. The standard InChI is InChI=1S/C30H26N2O4/c1-21-29(24-12-6-7-13-25(24)33)31-17-9-8-14-28(31)32(30(21)34)19-23-15-16-26(27(18-23)35-2)36-20-22-10-4-3-5-11-22/h3-18H,19-20H2,1-2H3/p+1. The van der Waals surface area contributed by atoms with Crippen molar-refractivity contribution >= 4 is 5.65 Å². The van der Waals surface area contributed by atoms with Gasteiger partial charge in [0.25, 0.3) is 5.65 Å². The number of pyridine rings is 1. The maximum absolute atomic E-state index is 13.6. The van der Waals surface area contributed by atoms with Gasteiger partial charge in [-0.3, -0.25) is 0 Å². The van der Waals surface area contributed by atoms with Crippen molar-refractivity contribution in [1.82, 2.24) is 4.57 Å². The molecular weight excluding hydrogens is 452 g/mol. The van der Waals surface area contributed by atoms with Gasteiger partial charge in [0.2, 0.25) is 0 Å². The number of aromatic hydroxyl groups is 1. The van der Waals surface area contributed by atoms with E-state index in [-0.39, 0.29) is 11.3 Å². The van der Waals surface area contributed by atoms with Crippen molar-refractivity contribution < 1.29 is 19.0 Å². The Morgan fingerprint density at radius 1 is 0.861 bits per heavy atom. The summed E-state index contributed by atoms with van der Waals surface area (Å²) in [5.74, 6) is 1.38. The van der Waals surface area contributed by atoms with Crippen LogP contribution in [0.1, 0.15) is 16.7 Å². The predicted octanol–water partition coefficient (Wildman–Crippen LogP) is 4.90. The third kappa shape index (κ3) is 4.41. The Morgan fingerprint density at radius 2 is 1.61 bits per heavy atom. The molecule has 0 saturated heterocycles. The molecule has 3 aromatic carbocycles. The number of aromatic nitrogens is 2. The SMILES string of the molecule is COc1cc(Cn2c(=O)c(C)c(-c3ccccc3O)[n+]3ccccc23)ccc1OCc1ccccc1. The lowest BCUT2D eigenvalue weighted by molar-refractivity contribution is -0.504. The van der Waals surface area contributed by atoms with Gasteiger partial charge in [-0.25, -0.2) is 4.79 Å². The van der Waals surface area contributed by atoms with E-state index >= 15 is 0 Å². The summed E-state index contributed by atoms with van der Waals surface area (Å²) in [5.41, 5.74) is 4.40. The van der Waals surface area contributed by atoms with Crippen LogP contribution in [0.4, 0.5) is 0 Å². The predicted molar refractivity (Wildman–Crippen MR) is 139 cm³/mol. The molecule has 6 heteroatoms. The molecule has 0 atom stereocenters. The summed E-state index contributed by atoms with van der Waals surface area (Å²) in [7, 11) is 1.61.